The first-order chi connectivity index (χ1) is 6.02. The Bertz CT molecular complexity index is 227. The number of hydrogen-bond acceptors (Lipinski definition) is 3. The molecule has 0 saturated carbocycles. The molecule has 1 rings (SSSR count). The minimum absolute atomic E-state index is 0.0832. The van der Waals surface area contributed by atoms with Crippen LogP contribution in [0.1, 0.15) is 6.92 Å². The first-order valence-electron chi connectivity index (χ1n) is 4.32. The van der Waals surface area contributed by atoms with Crippen LogP contribution in [0.4, 0.5) is 0 Å². The van der Waals surface area contributed by atoms with Gasteiger partial charge < -0.3 is 15.5 Å². The highest BCUT2D eigenvalue weighted by atomic mass is 16.2. The second-order valence-electron chi connectivity index (χ2n) is 3.46. The summed E-state index contributed by atoms with van der Waals surface area (Å²) in [6.45, 7) is 3.45. The molecule has 1 heterocycles. The summed E-state index contributed by atoms with van der Waals surface area (Å²) < 4.78 is 0. The lowest BCUT2D eigenvalue weighted by Gasteiger charge is -2.32. The maximum absolute atomic E-state index is 11.4. The molecule has 0 bridgehead atoms. The molecule has 74 valence electrons. The first-order valence-corrected chi connectivity index (χ1v) is 4.32. The molecule has 1 aliphatic heterocycles. The summed E-state index contributed by atoms with van der Waals surface area (Å²) in [4.78, 5) is 25.5. The smallest absolute Gasteiger partial charge is 0.312 e. The van der Waals surface area contributed by atoms with Gasteiger partial charge in [-0.05, 0) is 6.92 Å². The van der Waals surface area contributed by atoms with Crippen molar-refractivity contribution in [2.45, 2.75) is 13.0 Å². The molecule has 0 radical (unpaired) electrons. The third-order valence-corrected chi connectivity index (χ3v) is 2.03. The van der Waals surface area contributed by atoms with E-state index in [4.69, 9.17) is 5.73 Å². The topological polar surface area (TPSA) is 66.6 Å². The monoisotopic (exact) mass is 185 g/mol. The second-order valence-corrected chi connectivity index (χ2v) is 3.46. The van der Waals surface area contributed by atoms with Crippen molar-refractivity contribution < 1.29 is 9.59 Å². The lowest BCUT2D eigenvalue weighted by molar-refractivity contribution is -0.155. The molecule has 1 atom stereocenters. The van der Waals surface area contributed by atoms with Gasteiger partial charge >= 0.3 is 11.8 Å². The Morgan fingerprint density at radius 3 is 2.54 bits per heavy atom. The fraction of sp³-hybridized carbons (Fsp3) is 0.750. The van der Waals surface area contributed by atoms with Gasteiger partial charge in [0.2, 0.25) is 0 Å². The van der Waals surface area contributed by atoms with Crippen LogP contribution in [0.2, 0.25) is 0 Å². The van der Waals surface area contributed by atoms with E-state index in [1.165, 1.54) is 9.80 Å². The third kappa shape index (κ3) is 2.18. The Hall–Kier alpha value is -1.10. The van der Waals surface area contributed by atoms with Gasteiger partial charge in [0.05, 0.1) is 0 Å². The Morgan fingerprint density at radius 2 is 2.00 bits per heavy atom. The molecule has 0 aromatic heterocycles. The highest BCUT2D eigenvalue weighted by Crippen LogP contribution is 2.02. The van der Waals surface area contributed by atoms with Gasteiger partial charge in [-0.3, -0.25) is 9.59 Å². The van der Waals surface area contributed by atoms with Crippen molar-refractivity contribution in [3.63, 3.8) is 0 Å². The maximum atomic E-state index is 11.4. The summed E-state index contributed by atoms with van der Waals surface area (Å²) >= 11 is 0. The summed E-state index contributed by atoms with van der Waals surface area (Å²) in [5.41, 5.74) is 5.55. The summed E-state index contributed by atoms with van der Waals surface area (Å²) in [5, 5.41) is 0. The van der Waals surface area contributed by atoms with Gasteiger partial charge in [0, 0.05) is 32.7 Å². The Labute approximate surface area is 77.5 Å². The number of piperazine rings is 1. The van der Waals surface area contributed by atoms with E-state index in [1.54, 1.807) is 7.05 Å². The van der Waals surface area contributed by atoms with E-state index < -0.39 is 11.8 Å². The van der Waals surface area contributed by atoms with Crippen molar-refractivity contribution in [2.75, 3.05) is 26.7 Å². The molecule has 0 aliphatic carbocycles. The van der Waals surface area contributed by atoms with Gasteiger partial charge in [-0.2, -0.15) is 0 Å². The van der Waals surface area contributed by atoms with Crippen LogP contribution in [0.5, 0.6) is 0 Å². The molecule has 1 aliphatic rings. The van der Waals surface area contributed by atoms with E-state index >= 15 is 0 Å². The van der Waals surface area contributed by atoms with Crippen LogP contribution in [-0.2, 0) is 9.59 Å². The molecule has 1 saturated heterocycles. The van der Waals surface area contributed by atoms with Crippen LogP contribution in [0.15, 0.2) is 0 Å². The predicted molar refractivity (Wildman–Crippen MR) is 47.9 cm³/mol. The summed E-state index contributed by atoms with van der Waals surface area (Å²) in [6.07, 6.45) is 0. The number of carbonyl (C=O) groups is 2. The number of carbonyl (C=O) groups excluding carboxylic acids is 2. The van der Waals surface area contributed by atoms with Crippen molar-refractivity contribution in [3.8, 4) is 0 Å². The fourth-order valence-corrected chi connectivity index (χ4v) is 1.29. The summed E-state index contributed by atoms with van der Waals surface area (Å²) in [7, 11) is 1.63. The largest absolute Gasteiger partial charge is 0.336 e. The van der Waals surface area contributed by atoms with Crippen molar-refractivity contribution in [1.29, 1.82) is 0 Å². The van der Waals surface area contributed by atoms with Gasteiger partial charge in [0.25, 0.3) is 0 Å². The van der Waals surface area contributed by atoms with E-state index in [-0.39, 0.29) is 6.04 Å². The highest BCUT2D eigenvalue weighted by Gasteiger charge is 2.30. The second kappa shape index (κ2) is 3.74. The lowest BCUT2D eigenvalue weighted by atomic mass is 10.2. The van der Waals surface area contributed by atoms with Crippen LogP contribution < -0.4 is 5.73 Å². The Kier molecular flexibility index (Phi) is 2.87. The third-order valence-electron chi connectivity index (χ3n) is 2.03. The van der Waals surface area contributed by atoms with Crippen molar-refractivity contribution in [3.05, 3.63) is 0 Å². The van der Waals surface area contributed by atoms with E-state index in [9.17, 15) is 9.59 Å². The average molecular weight is 185 g/mol. The molecule has 0 aromatic rings. The van der Waals surface area contributed by atoms with E-state index in [2.05, 4.69) is 0 Å². The van der Waals surface area contributed by atoms with Crippen LogP contribution in [0, 0.1) is 0 Å². The SMILES string of the molecule is C[C@@H](N)CN1CCN(C)C(=O)C1=O. The lowest BCUT2D eigenvalue weighted by Crippen LogP contribution is -2.55. The Balaban J connectivity index is 2.59. The van der Waals surface area contributed by atoms with Crippen LogP contribution in [0.25, 0.3) is 0 Å². The average Bonchev–Trinajstić information content (AvgIpc) is 2.06. The normalized spacial score (nSPS) is 20.8. The minimum atomic E-state index is -0.439. The maximum Gasteiger partial charge on any atom is 0.312 e. The number of amides is 2. The summed E-state index contributed by atoms with van der Waals surface area (Å²) in [6, 6.07) is -0.0832. The molecule has 2 amide bonds. The van der Waals surface area contributed by atoms with Crippen molar-refractivity contribution >= 4 is 11.8 Å². The molecule has 1 fully saturated rings. The molecule has 5 nitrogen and oxygen atoms in total. The van der Waals surface area contributed by atoms with Crippen LogP contribution >= 0.6 is 0 Å². The molecule has 5 heteroatoms. The standard InChI is InChI=1S/C8H15N3O2/c1-6(9)5-11-4-3-10(2)7(12)8(11)13/h6H,3-5,9H2,1-2H3/t6-/m1/s1. The number of likely N-dealkylation sites (N-methyl/N-ethyl adjacent to an activating group) is 1. The zero-order valence-electron chi connectivity index (χ0n) is 7.99. The predicted octanol–water partition coefficient (Wildman–Crippen LogP) is -1.37. The van der Waals surface area contributed by atoms with E-state index in [0.29, 0.717) is 19.6 Å². The number of nitrogens with zero attached hydrogens (tertiary/aromatic N) is 2. The molecular formula is C8H15N3O2. The molecular weight excluding hydrogens is 170 g/mol. The van der Waals surface area contributed by atoms with E-state index in [0.717, 1.165) is 0 Å². The zero-order valence-corrected chi connectivity index (χ0v) is 7.99. The van der Waals surface area contributed by atoms with E-state index in [1.807, 2.05) is 6.92 Å². The van der Waals surface area contributed by atoms with Gasteiger partial charge in [0.15, 0.2) is 0 Å². The van der Waals surface area contributed by atoms with Gasteiger partial charge in [-0.15, -0.1) is 0 Å². The highest BCUT2D eigenvalue weighted by molar-refractivity contribution is 6.35. The molecule has 0 spiro atoms. The number of nitrogens with two attached hydrogens (primary N) is 1. The fourth-order valence-electron chi connectivity index (χ4n) is 1.29. The molecule has 0 aromatic carbocycles. The number of hydrogen-bond donors (Lipinski definition) is 1. The van der Waals surface area contributed by atoms with Crippen LogP contribution in [-0.4, -0.2) is 54.3 Å². The van der Waals surface area contributed by atoms with Gasteiger partial charge in [0.1, 0.15) is 0 Å². The van der Waals surface area contributed by atoms with Gasteiger partial charge in [-0.1, -0.05) is 0 Å². The quantitative estimate of drug-likeness (QED) is 0.540. The van der Waals surface area contributed by atoms with Gasteiger partial charge in [-0.25, -0.2) is 0 Å². The minimum Gasteiger partial charge on any atom is -0.336 e. The zero-order chi connectivity index (χ0) is 10.0. The molecule has 0 unspecified atom stereocenters. The summed E-state index contributed by atoms with van der Waals surface area (Å²) in [5.74, 6) is -0.877. The van der Waals surface area contributed by atoms with Crippen LogP contribution in [0.3, 0.4) is 0 Å². The number of rotatable bonds is 2. The molecule has 13 heavy (non-hydrogen) atoms. The molecule has 2 N–H and O–H groups in total. The Morgan fingerprint density at radius 1 is 1.38 bits per heavy atom. The van der Waals surface area contributed by atoms with Crippen molar-refractivity contribution in [1.82, 2.24) is 9.80 Å². The van der Waals surface area contributed by atoms with Crippen molar-refractivity contribution in [2.24, 2.45) is 5.73 Å². The first kappa shape index (κ1) is 9.98.